The summed E-state index contributed by atoms with van der Waals surface area (Å²) in [5.41, 5.74) is 3.61. The molecular weight excluding hydrogens is 448 g/mol. The van der Waals surface area contributed by atoms with Gasteiger partial charge in [0.25, 0.3) is 5.91 Å². The van der Waals surface area contributed by atoms with Gasteiger partial charge in [0.1, 0.15) is 0 Å². The summed E-state index contributed by atoms with van der Waals surface area (Å²) in [4.78, 5) is 26.5. The van der Waals surface area contributed by atoms with Gasteiger partial charge in [0.2, 0.25) is 6.41 Å². The predicted octanol–water partition coefficient (Wildman–Crippen LogP) is 5.43. The summed E-state index contributed by atoms with van der Waals surface area (Å²) in [6, 6.07) is 19.2. The Morgan fingerprint density at radius 2 is 1.79 bits per heavy atom. The maximum atomic E-state index is 13.1. The van der Waals surface area contributed by atoms with E-state index in [2.05, 4.69) is 22.9 Å². The van der Waals surface area contributed by atoms with Crippen molar-refractivity contribution in [3.8, 4) is 12.3 Å². The summed E-state index contributed by atoms with van der Waals surface area (Å²) < 4.78 is 0. The van der Waals surface area contributed by atoms with E-state index < -0.39 is 5.91 Å². The van der Waals surface area contributed by atoms with E-state index in [1.165, 1.54) is 11.0 Å². The molecule has 6 nitrogen and oxygen atoms in total. The van der Waals surface area contributed by atoms with E-state index in [0.717, 1.165) is 11.1 Å². The number of nitrogens with one attached hydrogen (secondary N) is 1. The Morgan fingerprint density at radius 1 is 1.12 bits per heavy atom. The second-order valence-electron chi connectivity index (χ2n) is 7.27. The minimum atomic E-state index is -0.393. The second-order valence-corrected chi connectivity index (χ2v) is 7.71. The average molecular weight is 471 g/mol. The maximum Gasteiger partial charge on any atom is 0.257 e. The van der Waals surface area contributed by atoms with Crippen LogP contribution in [0.5, 0.6) is 0 Å². The number of hydrogen-bond donors (Lipinski definition) is 1. The standard InChI is InChI=1S/C27H23ClN4O2/c1-4-16-31(3)29-18-21-8-13-24(14-9-21)32(19-33)26-15-10-22(28)17-25(26)27(34)30-23-11-6-20(5-2)7-12-23/h1,5-15,17-19H,2,16H2,3H3,(H,30,34). The third-order valence-electron chi connectivity index (χ3n) is 4.87. The highest BCUT2D eigenvalue weighted by molar-refractivity contribution is 6.31. The molecule has 0 aliphatic carbocycles. The summed E-state index contributed by atoms with van der Waals surface area (Å²) in [5.74, 6) is 2.12. The fourth-order valence-corrected chi connectivity index (χ4v) is 3.29. The first kappa shape index (κ1) is 24.3. The molecular formula is C27H23ClN4O2. The number of carbonyl (C=O) groups is 2. The van der Waals surface area contributed by atoms with Gasteiger partial charge in [-0.1, -0.05) is 54.4 Å². The first-order valence-electron chi connectivity index (χ1n) is 10.3. The topological polar surface area (TPSA) is 65.0 Å². The van der Waals surface area contributed by atoms with Gasteiger partial charge in [0.05, 0.1) is 24.0 Å². The van der Waals surface area contributed by atoms with Crippen LogP contribution in [0.1, 0.15) is 21.5 Å². The minimum Gasteiger partial charge on any atom is -0.322 e. The van der Waals surface area contributed by atoms with Crippen molar-refractivity contribution in [2.45, 2.75) is 0 Å². The van der Waals surface area contributed by atoms with Crippen LogP contribution in [0, 0.1) is 12.3 Å². The number of hydrogen-bond acceptors (Lipinski definition) is 4. The van der Waals surface area contributed by atoms with Crippen LogP contribution in [0.3, 0.4) is 0 Å². The van der Waals surface area contributed by atoms with Crippen LogP contribution in [0.15, 0.2) is 78.4 Å². The summed E-state index contributed by atoms with van der Waals surface area (Å²) >= 11 is 6.17. The number of halogens is 1. The van der Waals surface area contributed by atoms with Crippen molar-refractivity contribution < 1.29 is 9.59 Å². The zero-order chi connectivity index (χ0) is 24.5. The molecule has 0 unspecified atom stereocenters. The van der Waals surface area contributed by atoms with Gasteiger partial charge in [-0.25, -0.2) is 0 Å². The molecule has 0 saturated heterocycles. The van der Waals surface area contributed by atoms with Crippen LogP contribution < -0.4 is 10.2 Å². The van der Waals surface area contributed by atoms with Gasteiger partial charge in [-0.15, -0.1) is 6.42 Å². The Labute approximate surface area is 204 Å². The molecule has 34 heavy (non-hydrogen) atoms. The van der Waals surface area contributed by atoms with Crippen LogP contribution in [-0.4, -0.2) is 37.1 Å². The van der Waals surface area contributed by atoms with E-state index in [9.17, 15) is 9.59 Å². The Balaban J connectivity index is 1.87. The number of nitrogens with zero attached hydrogens (tertiary/aromatic N) is 3. The van der Waals surface area contributed by atoms with E-state index in [0.29, 0.717) is 35.0 Å². The molecule has 170 valence electrons. The molecule has 0 aliphatic rings. The zero-order valence-corrected chi connectivity index (χ0v) is 19.4. The zero-order valence-electron chi connectivity index (χ0n) is 18.6. The molecule has 3 rings (SSSR count). The molecule has 0 fully saturated rings. The van der Waals surface area contributed by atoms with E-state index in [1.807, 2.05) is 24.3 Å². The summed E-state index contributed by atoms with van der Waals surface area (Å²) in [6.45, 7) is 4.12. The Morgan fingerprint density at radius 3 is 2.41 bits per heavy atom. The van der Waals surface area contributed by atoms with Crippen molar-refractivity contribution in [2.24, 2.45) is 5.10 Å². The van der Waals surface area contributed by atoms with Crippen molar-refractivity contribution >= 4 is 53.3 Å². The minimum absolute atomic E-state index is 0.258. The highest BCUT2D eigenvalue weighted by Crippen LogP contribution is 2.30. The van der Waals surface area contributed by atoms with Gasteiger partial charge in [-0.2, -0.15) is 5.10 Å². The van der Waals surface area contributed by atoms with Gasteiger partial charge in [0, 0.05) is 23.4 Å². The van der Waals surface area contributed by atoms with Crippen molar-refractivity contribution in [1.82, 2.24) is 5.01 Å². The van der Waals surface area contributed by atoms with Gasteiger partial charge >= 0.3 is 0 Å². The number of rotatable bonds is 9. The first-order chi connectivity index (χ1) is 16.4. The second kappa shape index (κ2) is 11.5. The highest BCUT2D eigenvalue weighted by atomic mass is 35.5. The van der Waals surface area contributed by atoms with Crippen molar-refractivity contribution in [3.05, 3.63) is 95.0 Å². The van der Waals surface area contributed by atoms with Gasteiger partial charge < -0.3 is 5.32 Å². The third kappa shape index (κ3) is 6.12. The predicted molar refractivity (Wildman–Crippen MR) is 140 cm³/mol. The quantitative estimate of drug-likeness (QED) is 0.196. The Hall–Kier alpha value is -4.34. The summed E-state index contributed by atoms with van der Waals surface area (Å²) in [5, 5.41) is 9.10. The van der Waals surface area contributed by atoms with Gasteiger partial charge in [0.15, 0.2) is 0 Å². The monoisotopic (exact) mass is 470 g/mol. The van der Waals surface area contributed by atoms with Crippen molar-refractivity contribution in [3.63, 3.8) is 0 Å². The van der Waals surface area contributed by atoms with E-state index in [1.54, 1.807) is 60.7 Å². The molecule has 0 aliphatic heterocycles. The smallest absolute Gasteiger partial charge is 0.257 e. The molecule has 1 N–H and O–H groups in total. The molecule has 3 aromatic carbocycles. The molecule has 3 aromatic rings. The summed E-state index contributed by atoms with van der Waals surface area (Å²) in [6.07, 6.45) is 9.32. The SMILES string of the molecule is C#CCN(C)N=Cc1ccc(N(C=O)c2ccc(Cl)cc2C(=O)Nc2ccc(C=C)cc2)cc1. The van der Waals surface area contributed by atoms with Crippen molar-refractivity contribution in [2.75, 3.05) is 23.8 Å². The number of hydrazone groups is 1. The van der Waals surface area contributed by atoms with Crippen LogP contribution in [0.25, 0.3) is 6.08 Å². The van der Waals surface area contributed by atoms with E-state index in [-0.39, 0.29) is 5.56 Å². The number of benzene rings is 3. The Kier molecular flexibility index (Phi) is 8.22. The molecule has 0 saturated carbocycles. The molecule has 0 radical (unpaired) electrons. The lowest BCUT2D eigenvalue weighted by Crippen LogP contribution is -2.20. The third-order valence-corrected chi connectivity index (χ3v) is 5.10. The molecule has 0 bridgehead atoms. The highest BCUT2D eigenvalue weighted by Gasteiger charge is 2.19. The van der Waals surface area contributed by atoms with Crippen LogP contribution in [0.2, 0.25) is 5.02 Å². The molecule has 0 atom stereocenters. The normalized spacial score (nSPS) is 10.4. The van der Waals surface area contributed by atoms with Gasteiger partial charge in [-0.3, -0.25) is 19.5 Å². The number of terminal acetylenes is 1. The first-order valence-corrected chi connectivity index (χ1v) is 10.7. The van der Waals surface area contributed by atoms with E-state index >= 15 is 0 Å². The lowest BCUT2D eigenvalue weighted by Gasteiger charge is -2.21. The molecule has 2 amide bonds. The molecule has 0 spiro atoms. The lowest BCUT2D eigenvalue weighted by molar-refractivity contribution is -0.106. The fraction of sp³-hybridized carbons (Fsp3) is 0.0741. The average Bonchev–Trinajstić information content (AvgIpc) is 2.85. The van der Waals surface area contributed by atoms with Crippen LogP contribution in [0.4, 0.5) is 17.1 Å². The largest absolute Gasteiger partial charge is 0.322 e. The fourth-order valence-electron chi connectivity index (χ4n) is 3.12. The lowest BCUT2D eigenvalue weighted by atomic mass is 10.1. The number of amides is 2. The molecule has 0 heterocycles. The van der Waals surface area contributed by atoms with E-state index in [4.69, 9.17) is 18.0 Å². The van der Waals surface area contributed by atoms with Crippen LogP contribution >= 0.6 is 11.6 Å². The number of carbonyl (C=O) groups excluding carboxylic acids is 2. The molecule has 7 heteroatoms. The maximum absolute atomic E-state index is 13.1. The Bertz CT molecular complexity index is 1250. The van der Waals surface area contributed by atoms with Crippen molar-refractivity contribution in [1.29, 1.82) is 0 Å². The summed E-state index contributed by atoms with van der Waals surface area (Å²) in [7, 11) is 1.78. The van der Waals surface area contributed by atoms with Gasteiger partial charge in [-0.05, 0) is 53.6 Å². The molecule has 0 aromatic heterocycles. The number of anilines is 3. The van der Waals surface area contributed by atoms with Crippen LogP contribution in [-0.2, 0) is 4.79 Å².